The maximum atomic E-state index is 12.1. The van der Waals surface area contributed by atoms with Gasteiger partial charge in [0.1, 0.15) is 40.5 Å². The van der Waals surface area contributed by atoms with Gasteiger partial charge in [0, 0.05) is 6.08 Å². The number of carbonyl (C=O) groups excluding carboxylic acids is 1. The molecule has 282 valence electrons. The van der Waals surface area contributed by atoms with Crippen LogP contribution in [0.2, 0.25) is 0 Å². The van der Waals surface area contributed by atoms with Crippen molar-refractivity contribution in [3.63, 3.8) is 0 Å². The minimum absolute atomic E-state index is 0. The van der Waals surface area contributed by atoms with E-state index < -0.39 is 7.26 Å². The molecule has 0 amide bonds. The van der Waals surface area contributed by atoms with E-state index in [0.29, 0.717) is 23.9 Å². The fourth-order valence-electron chi connectivity index (χ4n) is 6.61. The Kier molecular flexibility index (Phi) is 17.6. The number of ketones is 1. The highest BCUT2D eigenvalue weighted by molar-refractivity contribution is 7.95. The van der Waals surface area contributed by atoms with Crippen LogP contribution in [0.5, 0.6) is 11.5 Å². The molecule has 0 saturated carbocycles. The Bertz CT molecular complexity index is 1840. The second-order valence-electron chi connectivity index (χ2n) is 13.2. The lowest BCUT2D eigenvalue weighted by molar-refractivity contribution is -0.110. The molecule has 0 bridgehead atoms. The lowest BCUT2D eigenvalue weighted by Gasteiger charge is -2.27. The van der Waals surface area contributed by atoms with Crippen molar-refractivity contribution < 1.29 is 40.8 Å². The van der Waals surface area contributed by atoms with E-state index in [0.717, 1.165) is 30.2 Å². The zero-order valence-corrected chi connectivity index (χ0v) is 33.9. The first-order valence-corrected chi connectivity index (χ1v) is 20.7. The summed E-state index contributed by atoms with van der Waals surface area (Å²) in [5, 5.41) is 14.6. The van der Waals surface area contributed by atoms with Crippen molar-refractivity contribution in [1.82, 2.24) is 0 Å². The second kappa shape index (κ2) is 22.5. The summed E-state index contributed by atoms with van der Waals surface area (Å²) in [5.41, 5.74) is 0.816. The largest absolute Gasteiger partial charge is 1.00 e. The monoisotopic (exact) mass is 806 g/mol. The number of rotatable bonds is 21. The molecule has 0 aliphatic rings. The smallest absolute Gasteiger partial charge is 0.182 e. The van der Waals surface area contributed by atoms with E-state index in [-0.39, 0.29) is 28.5 Å². The number of ether oxygens (including phenoxy) is 2. The van der Waals surface area contributed by atoms with Gasteiger partial charge in [-0.1, -0.05) is 98.8 Å². The third-order valence-corrected chi connectivity index (χ3v) is 13.9. The van der Waals surface area contributed by atoms with Gasteiger partial charge in [0.25, 0.3) is 0 Å². The molecule has 1 heterocycles. The minimum Gasteiger partial charge on any atom is -1.00 e. The lowest BCUT2D eigenvalue weighted by atomic mass is 10.1. The van der Waals surface area contributed by atoms with E-state index in [9.17, 15) is 9.90 Å². The number of aliphatic hydroxyl groups is 1. The van der Waals surface area contributed by atoms with E-state index in [1.807, 2.05) is 31.2 Å². The normalized spacial score (nSPS) is 11.9. The first kappa shape index (κ1) is 42.1. The molecule has 0 radical (unpaired) electrons. The van der Waals surface area contributed by atoms with Crippen molar-refractivity contribution in [1.29, 1.82) is 0 Å². The van der Waals surface area contributed by atoms with Crippen LogP contribution in [0, 0.1) is 6.92 Å². The summed E-state index contributed by atoms with van der Waals surface area (Å²) in [6.07, 6.45) is 18.0. The highest BCUT2D eigenvalue weighted by Crippen LogP contribution is 2.56. The number of aliphatic hydroxyl groups excluding tert-OH is 1. The van der Waals surface area contributed by atoms with Gasteiger partial charge in [-0.2, -0.15) is 0 Å². The number of furan rings is 1. The average Bonchev–Trinajstić information content (AvgIpc) is 3.62. The molecular weight excluding hydrogens is 755 g/mol. The molecule has 7 heteroatoms. The van der Waals surface area contributed by atoms with Crippen LogP contribution in [-0.2, 0) is 4.79 Å². The summed E-state index contributed by atoms with van der Waals surface area (Å²) in [5.74, 6) is 2.18. The van der Waals surface area contributed by atoms with Gasteiger partial charge in [-0.15, -0.1) is 0 Å². The molecule has 0 atom stereocenters. The predicted octanol–water partition coefficient (Wildman–Crippen LogP) is 7.83. The molecular formula is C47H52BrO5P. The van der Waals surface area contributed by atoms with Gasteiger partial charge in [-0.05, 0) is 111 Å². The Morgan fingerprint density at radius 1 is 0.667 bits per heavy atom. The number of aryl methyl sites for hydroxylation is 1. The van der Waals surface area contributed by atoms with Gasteiger partial charge in [-0.3, -0.25) is 4.79 Å². The topological polar surface area (TPSA) is 68.9 Å². The molecule has 5 nitrogen and oxygen atoms in total. The molecule has 0 unspecified atom stereocenters. The molecule has 5 rings (SSSR count). The van der Waals surface area contributed by atoms with E-state index in [2.05, 4.69) is 91.0 Å². The van der Waals surface area contributed by atoms with Crippen LogP contribution in [0.15, 0.2) is 150 Å². The Labute approximate surface area is 332 Å². The van der Waals surface area contributed by atoms with Crippen LogP contribution >= 0.6 is 7.26 Å². The number of hydrogen-bond acceptors (Lipinski definition) is 5. The predicted molar refractivity (Wildman–Crippen MR) is 223 cm³/mol. The quantitative estimate of drug-likeness (QED) is 0.0269. The summed E-state index contributed by atoms with van der Waals surface area (Å²) in [6, 6.07) is 42.8. The summed E-state index contributed by atoms with van der Waals surface area (Å²) in [7, 11) is -0.122. The highest BCUT2D eigenvalue weighted by atomic mass is 79.9. The average molecular weight is 808 g/mol. The fraction of sp³-hybridized carbons (Fsp3) is 0.255. The Morgan fingerprint density at radius 3 is 1.76 bits per heavy atom. The number of allylic oxidation sites excluding steroid dienone is 3. The Balaban J connectivity index is 0.00000650. The zero-order valence-electron chi connectivity index (χ0n) is 31.4. The van der Waals surface area contributed by atoms with Gasteiger partial charge in [0.05, 0.1) is 19.9 Å². The van der Waals surface area contributed by atoms with Crippen LogP contribution in [0.1, 0.15) is 68.5 Å². The first-order valence-electron chi connectivity index (χ1n) is 18.7. The minimum atomic E-state index is -1.74. The van der Waals surface area contributed by atoms with Gasteiger partial charge in [0.2, 0.25) is 0 Å². The molecule has 4 aromatic carbocycles. The van der Waals surface area contributed by atoms with E-state index in [4.69, 9.17) is 13.9 Å². The maximum Gasteiger partial charge on any atom is 0.182 e. The van der Waals surface area contributed by atoms with Gasteiger partial charge < -0.3 is 36.0 Å². The van der Waals surface area contributed by atoms with E-state index in [1.54, 1.807) is 25.3 Å². The summed E-state index contributed by atoms with van der Waals surface area (Å²) >= 11 is 0. The number of benzene rings is 4. The van der Waals surface area contributed by atoms with Crippen LogP contribution in [0.25, 0.3) is 12.2 Å². The third-order valence-electron chi connectivity index (χ3n) is 9.33. The summed E-state index contributed by atoms with van der Waals surface area (Å²) in [4.78, 5) is 12.1. The van der Waals surface area contributed by atoms with Crippen molar-refractivity contribution >= 4 is 41.1 Å². The molecule has 5 aromatic rings. The maximum absolute atomic E-state index is 12.1. The van der Waals surface area contributed by atoms with Crippen molar-refractivity contribution in [3.8, 4) is 11.5 Å². The van der Waals surface area contributed by atoms with Crippen molar-refractivity contribution in [2.75, 3.05) is 19.9 Å². The SMILES string of the molecule is COc1cc(C=CC(O)=CC(=O)C=Cc2ccc(C)o2)ccc1OCCCCCCCCCC[P+](c1ccccc1)(c1ccccc1)c1ccccc1.[Br-]. The molecule has 0 spiro atoms. The highest BCUT2D eigenvalue weighted by Gasteiger charge is 2.44. The molecule has 0 aliphatic carbocycles. The molecule has 54 heavy (non-hydrogen) atoms. The van der Waals surface area contributed by atoms with Crippen LogP contribution < -0.4 is 42.4 Å². The van der Waals surface area contributed by atoms with Crippen molar-refractivity contribution in [2.24, 2.45) is 0 Å². The van der Waals surface area contributed by atoms with Crippen LogP contribution in [0.4, 0.5) is 0 Å². The van der Waals surface area contributed by atoms with Gasteiger partial charge in [0.15, 0.2) is 17.3 Å². The molecule has 0 saturated heterocycles. The second-order valence-corrected chi connectivity index (χ2v) is 16.8. The van der Waals surface area contributed by atoms with Crippen molar-refractivity contribution in [2.45, 2.75) is 58.3 Å². The van der Waals surface area contributed by atoms with E-state index in [1.165, 1.54) is 72.8 Å². The number of hydrogen-bond donors (Lipinski definition) is 1. The fourth-order valence-corrected chi connectivity index (χ4v) is 11.0. The van der Waals surface area contributed by atoms with Crippen molar-refractivity contribution in [3.05, 3.63) is 162 Å². The van der Waals surface area contributed by atoms with Gasteiger partial charge in [-0.25, -0.2) is 0 Å². The zero-order chi connectivity index (χ0) is 37.1. The summed E-state index contributed by atoms with van der Waals surface area (Å²) in [6.45, 7) is 2.47. The van der Waals surface area contributed by atoms with Gasteiger partial charge >= 0.3 is 0 Å². The summed E-state index contributed by atoms with van der Waals surface area (Å²) < 4.78 is 17.0. The molecule has 0 fully saturated rings. The lowest BCUT2D eigenvalue weighted by Crippen LogP contribution is -3.00. The number of carbonyl (C=O) groups is 1. The standard InChI is InChI=1S/C47H51O5P.BrH/c1-38-26-31-42(52-38)32-30-41(49)37-40(48)29-27-39-28-33-46(47(36-39)50-2)51-34-18-7-5-3-4-6-8-19-35-53(43-20-12-9-13-21-43,44-22-14-10-15-23-44)45-24-16-11-17-25-45;/h9-17,20-33,36-37H,3-8,18-19,34-35H2,1-2H3;1H. The number of halogens is 1. The first-order chi connectivity index (χ1) is 26.0. The third kappa shape index (κ3) is 12.5. The molecule has 0 aliphatic heterocycles. The Morgan fingerprint density at radius 2 is 1.22 bits per heavy atom. The van der Waals surface area contributed by atoms with Crippen LogP contribution in [0.3, 0.4) is 0 Å². The number of unbranched alkanes of at least 4 members (excludes halogenated alkanes) is 7. The van der Waals surface area contributed by atoms with Crippen LogP contribution in [-0.4, -0.2) is 30.8 Å². The molecule has 1 aromatic heterocycles. The molecule has 1 N–H and O–H groups in total. The Hall–Kier alpha value is -4.64. The van der Waals surface area contributed by atoms with E-state index >= 15 is 0 Å². The number of methoxy groups -OCH3 is 1.